The second kappa shape index (κ2) is 6.38. The first-order valence-electron chi connectivity index (χ1n) is 5.56. The lowest BCUT2D eigenvalue weighted by atomic mass is 9.80. The summed E-state index contributed by atoms with van der Waals surface area (Å²) in [7, 11) is 0. The lowest BCUT2D eigenvalue weighted by Gasteiger charge is -2.28. The van der Waals surface area contributed by atoms with Gasteiger partial charge in [0.15, 0.2) is 10.1 Å². The molecule has 86 valence electrons. The summed E-state index contributed by atoms with van der Waals surface area (Å²) in [5.74, 6) is 0.172. The molecule has 0 spiro atoms. The topological polar surface area (TPSA) is 29.5 Å². The maximum atomic E-state index is 9.53. The standard InChI is InChI=1S/C11H18O2S2/c1-2-13-11(15)9(10(12)14)8-6-4-3-5-7-8/h8-9H,2-7H2,1H3,(H,12,14). The zero-order valence-corrected chi connectivity index (χ0v) is 10.7. The number of aliphatic hydroxyl groups excluding tert-OH is 1. The van der Waals surface area contributed by atoms with E-state index < -0.39 is 0 Å². The summed E-state index contributed by atoms with van der Waals surface area (Å²) in [6, 6.07) is 0. The number of thiocarbonyl (C=S) groups is 2. The van der Waals surface area contributed by atoms with E-state index in [0.717, 1.165) is 12.8 Å². The number of hydrogen-bond donors (Lipinski definition) is 1. The van der Waals surface area contributed by atoms with E-state index in [1.165, 1.54) is 19.3 Å². The van der Waals surface area contributed by atoms with Gasteiger partial charge in [0.05, 0.1) is 12.5 Å². The highest BCUT2D eigenvalue weighted by atomic mass is 32.1. The molecule has 1 N–H and O–H groups in total. The van der Waals surface area contributed by atoms with Crippen molar-refractivity contribution in [2.75, 3.05) is 6.61 Å². The van der Waals surface area contributed by atoms with Crippen molar-refractivity contribution in [3.63, 3.8) is 0 Å². The van der Waals surface area contributed by atoms with Crippen molar-refractivity contribution in [1.29, 1.82) is 0 Å². The van der Waals surface area contributed by atoms with Gasteiger partial charge in [0.2, 0.25) is 0 Å². The SMILES string of the molecule is CCOC(=S)C(C(O)=S)C1CCCCC1. The van der Waals surface area contributed by atoms with Gasteiger partial charge in [0.1, 0.15) is 0 Å². The van der Waals surface area contributed by atoms with Gasteiger partial charge in [-0.05, 0) is 50.1 Å². The van der Waals surface area contributed by atoms with Crippen LogP contribution in [0.4, 0.5) is 0 Å². The Labute approximate surface area is 102 Å². The van der Waals surface area contributed by atoms with Crippen LogP contribution < -0.4 is 0 Å². The maximum absolute atomic E-state index is 9.53. The van der Waals surface area contributed by atoms with Crippen LogP contribution in [0.5, 0.6) is 0 Å². The molecule has 1 atom stereocenters. The van der Waals surface area contributed by atoms with Gasteiger partial charge in [-0.25, -0.2) is 0 Å². The maximum Gasteiger partial charge on any atom is 0.171 e. The van der Waals surface area contributed by atoms with Crippen LogP contribution in [0.3, 0.4) is 0 Å². The molecule has 1 fully saturated rings. The molecule has 1 rings (SSSR count). The Morgan fingerprint density at radius 3 is 2.40 bits per heavy atom. The van der Waals surface area contributed by atoms with Gasteiger partial charge in [-0.15, -0.1) is 0 Å². The van der Waals surface area contributed by atoms with Crippen LogP contribution in [0.15, 0.2) is 0 Å². The first-order chi connectivity index (χ1) is 7.16. The zero-order valence-electron chi connectivity index (χ0n) is 9.07. The van der Waals surface area contributed by atoms with Crippen LogP contribution in [-0.4, -0.2) is 21.8 Å². The van der Waals surface area contributed by atoms with E-state index in [2.05, 4.69) is 0 Å². The fourth-order valence-electron chi connectivity index (χ4n) is 2.19. The van der Waals surface area contributed by atoms with Crippen LogP contribution in [0.25, 0.3) is 0 Å². The number of aliphatic hydroxyl groups is 1. The molecule has 4 heteroatoms. The molecule has 0 heterocycles. The highest BCUT2D eigenvalue weighted by Gasteiger charge is 2.31. The van der Waals surface area contributed by atoms with Crippen LogP contribution in [0, 0.1) is 11.8 Å². The van der Waals surface area contributed by atoms with E-state index in [-0.39, 0.29) is 11.0 Å². The van der Waals surface area contributed by atoms with Gasteiger partial charge in [0, 0.05) is 0 Å². The Morgan fingerprint density at radius 2 is 1.93 bits per heavy atom. The summed E-state index contributed by atoms with van der Waals surface area (Å²) < 4.78 is 5.30. The molecule has 0 amide bonds. The predicted octanol–water partition coefficient (Wildman–Crippen LogP) is 3.43. The molecule has 1 unspecified atom stereocenters. The second-order valence-corrected chi connectivity index (χ2v) is 4.79. The molecule has 1 saturated carbocycles. The van der Waals surface area contributed by atoms with E-state index in [1.54, 1.807) is 0 Å². The molecule has 0 radical (unpaired) electrons. The summed E-state index contributed by atoms with van der Waals surface area (Å²) in [6.45, 7) is 2.44. The molecular formula is C11H18O2S2. The normalized spacial score (nSPS) is 19.5. The minimum absolute atomic E-state index is 0.000324. The number of hydrogen-bond acceptors (Lipinski definition) is 3. The Bertz CT molecular complexity index is 235. The molecular weight excluding hydrogens is 228 g/mol. The molecule has 0 aliphatic heterocycles. The fraction of sp³-hybridized carbons (Fsp3) is 0.818. The van der Waals surface area contributed by atoms with Crippen molar-refractivity contribution in [1.82, 2.24) is 0 Å². The lowest BCUT2D eigenvalue weighted by molar-refractivity contribution is 0.267. The molecule has 0 saturated heterocycles. The second-order valence-electron chi connectivity index (χ2n) is 3.97. The lowest BCUT2D eigenvalue weighted by Crippen LogP contribution is -2.32. The minimum Gasteiger partial charge on any atom is -0.501 e. The first kappa shape index (κ1) is 12.8. The average molecular weight is 246 g/mol. The molecule has 0 aromatic carbocycles. The molecule has 1 aliphatic carbocycles. The largest absolute Gasteiger partial charge is 0.501 e. The highest BCUT2D eigenvalue weighted by Crippen LogP contribution is 2.31. The van der Waals surface area contributed by atoms with E-state index in [4.69, 9.17) is 29.2 Å². The molecule has 0 aromatic rings. The summed E-state index contributed by atoms with van der Waals surface area (Å²) in [6.07, 6.45) is 5.89. The van der Waals surface area contributed by atoms with Crippen LogP contribution in [-0.2, 0) is 4.74 Å². The highest BCUT2D eigenvalue weighted by molar-refractivity contribution is 7.81. The van der Waals surface area contributed by atoms with Crippen molar-refractivity contribution < 1.29 is 9.84 Å². The summed E-state index contributed by atoms with van der Waals surface area (Å²) in [5.41, 5.74) is 0. The number of ether oxygens (including phenoxy) is 1. The van der Waals surface area contributed by atoms with E-state index in [0.29, 0.717) is 17.6 Å². The molecule has 0 bridgehead atoms. The Hall–Kier alpha value is -0.220. The molecule has 1 aliphatic rings. The average Bonchev–Trinajstić information content (AvgIpc) is 2.19. The quantitative estimate of drug-likeness (QED) is 0.770. The summed E-state index contributed by atoms with van der Waals surface area (Å²) in [5, 5.41) is 10.00. The summed E-state index contributed by atoms with van der Waals surface area (Å²) >= 11 is 10.0. The van der Waals surface area contributed by atoms with Gasteiger partial charge < -0.3 is 9.84 Å². The fourth-order valence-corrected chi connectivity index (χ4v) is 2.99. The number of rotatable bonds is 4. The Morgan fingerprint density at radius 1 is 1.33 bits per heavy atom. The third-order valence-electron chi connectivity index (χ3n) is 2.93. The smallest absolute Gasteiger partial charge is 0.171 e. The van der Waals surface area contributed by atoms with Crippen LogP contribution in [0.1, 0.15) is 39.0 Å². The molecule has 0 aromatic heterocycles. The zero-order chi connectivity index (χ0) is 11.3. The van der Waals surface area contributed by atoms with Gasteiger partial charge in [0.25, 0.3) is 0 Å². The van der Waals surface area contributed by atoms with Gasteiger partial charge in [-0.2, -0.15) is 0 Å². The molecule has 15 heavy (non-hydrogen) atoms. The van der Waals surface area contributed by atoms with Crippen molar-refractivity contribution in [2.45, 2.75) is 39.0 Å². The Balaban J connectivity index is 2.63. The van der Waals surface area contributed by atoms with Crippen LogP contribution >= 0.6 is 24.4 Å². The van der Waals surface area contributed by atoms with Gasteiger partial charge >= 0.3 is 0 Å². The van der Waals surface area contributed by atoms with Crippen LogP contribution in [0.2, 0.25) is 0 Å². The third-order valence-corrected chi connectivity index (χ3v) is 3.55. The van der Waals surface area contributed by atoms with Crippen molar-refractivity contribution in [3.8, 4) is 0 Å². The first-order valence-corrected chi connectivity index (χ1v) is 6.38. The molecule has 2 nitrogen and oxygen atoms in total. The summed E-state index contributed by atoms with van der Waals surface area (Å²) in [4.78, 5) is 0. The van der Waals surface area contributed by atoms with Crippen molar-refractivity contribution in [3.05, 3.63) is 0 Å². The van der Waals surface area contributed by atoms with E-state index in [1.807, 2.05) is 6.92 Å². The Kier molecular flexibility index (Phi) is 5.47. The van der Waals surface area contributed by atoms with Crippen molar-refractivity contribution >= 4 is 34.5 Å². The monoisotopic (exact) mass is 246 g/mol. The minimum atomic E-state index is -0.213. The van der Waals surface area contributed by atoms with E-state index in [9.17, 15) is 5.11 Å². The van der Waals surface area contributed by atoms with Gasteiger partial charge in [-0.3, -0.25) is 0 Å². The predicted molar refractivity (Wildman–Crippen MR) is 69.5 cm³/mol. The van der Waals surface area contributed by atoms with Crippen molar-refractivity contribution in [2.24, 2.45) is 11.8 Å². The van der Waals surface area contributed by atoms with E-state index >= 15 is 0 Å². The van der Waals surface area contributed by atoms with Gasteiger partial charge in [-0.1, -0.05) is 19.3 Å². The third kappa shape index (κ3) is 3.68.